The number of hydrogen-bond donors (Lipinski definition) is 0. The summed E-state index contributed by atoms with van der Waals surface area (Å²) in [5, 5.41) is 6.94. The van der Waals surface area contributed by atoms with Gasteiger partial charge in [0, 0.05) is 30.1 Å². The van der Waals surface area contributed by atoms with Crippen molar-refractivity contribution < 1.29 is 35.5 Å². The fourth-order valence-corrected chi connectivity index (χ4v) is 5.58. The Morgan fingerprint density at radius 2 is 1.94 bits per heavy atom. The van der Waals surface area contributed by atoms with Crippen LogP contribution in [0.1, 0.15) is 22.9 Å². The molecule has 0 fully saturated rings. The van der Waals surface area contributed by atoms with Crippen LogP contribution in [0.3, 0.4) is 0 Å². The molecule has 2 unspecified atom stereocenters. The fraction of sp³-hybridized carbons (Fsp3) is 0.350. The van der Waals surface area contributed by atoms with Gasteiger partial charge in [-0.2, -0.15) is 35.9 Å². The second kappa shape index (κ2) is 10.7. The van der Waals surface area contributed by atoms with Gasteiger partial charge in [0.25, 0.3) is 5.91 Å². The van der Waals surface area contributed by atoms with E-state index < -0.39 is 45.6 Å². The second-order valence-electron chi connectivity index (χ2n) is 7.80. The average Bonchev–Trinajstić information content (AvgIpc) is 3.51. The number of fused-ring (bicyclic) bond motifs is 1. The van der Waals surface area contributed by atoms with Crippen LogP contribution >= 0.6 is 28.3 Å². The maximum absolute atomic E-state index is 14.4. The lowest BCUT2D eigenvalue weighted by Crippen LogP contribution is -2.33. The molecule has 194 valence electrons. The van der Waals surface area contributed by atoms with E-state index in [-0.39, 0.29) is 25.3 Å². The molecule has 1 aromatic carbocycles. The molecule has 0 radical (unpaired) electrons. The van der Waals surface area contributed by atoms with Crippen LogP contribution in [-0.2, 0) is 39.2 Å². The van der Waals surface area contributed by atoms with E-state index >= 15 is 0 Å². The second-order valence-corrected chi connectivity index (χ2v) is 12.6. The Labute approximate surface area is 218 Å². The third kappa shape index (κ3) is 5.89. The first kappa shape index (κ1) is 26.9. The van der Waals surface area contributed by atoms with Crippen LogP contribution in [0.4, 0.5) is 17.6 Å². The summed E-state index contributed by atoms with van der Waals surface area (Å²) in [6.45, 7) is -1.20. The van der Waals surface area contributed by atoms with E-state index in [1.54, 1.807) is 6.07 Å². The number of alkyl halides is 3. The SMILES string of the molecule is O=C(C(OCCPI)c1ccccc1F)N1Cc2cn(S(=O)(=O)c3ccn(CC(F)(F)F)n3)nc2C1. The molecule has 0 N–H and O–H groups in total. The standard InChI is InChI=1S/C20H19F4IN5O4PS/c21-15-4-2-1-3-14(15)18(34-7-8-35-25)19(31)28-9-13-10-30(26-16(13)11-28)36(32,33)17-5-6-29(27-17)12-20(22,23)24/h1-6,10,18,35H,7-9,11-12H2. The van der Waals surface area contributed by atoms with Crippen LogP contribution in [0, 0.1) is 5.82 Å². The molecule has 3 aromatic rings. The van der Waals surface area contributed by atoms with Gasteiger partial charge in [-0.1, -0.05) is 46.5 Å². The first-order chi connectivity index (χ1) is 17.0. The minimum absolute atomic E-state index is 0.00848. The van der Waals surface area contributed by atoms with E-state index in [9.17, 15) is 30.8 Å². The number of carbonyl (C=O) groups is 1. The molecule has 3 heterocycles. The largest absolute Gasteiger partial charge is 0.408 e. The molecule has 4 rings (SSSR count). The van der Waals surface area contributed by atoms with Crippen molar-refractivity contribution in [3.63, 3.8) is 0 Å². The first-order valence-corrected chi connectivity index (χ1v) is 16.2. The van der Waals surface area contributed by atoms with Crippen LogP contribution in [0.5, 0.6) is 0 Å². The Balaban J connectivity index is 1.51. The number of benzene rings is 1. The van der Waals surface area contributed by atoms with Gasteiger partial charge in [-0.05, 0) is 18.3 Å². The molecule has 0 aliphatic carbocycles. The zero-order chi connectivity index (χ0) is 26.1. The average molecular weight is 659 g/mol. The smallest absolute Gasteiger partial charge is 0.363 e. The van der Waals surface area contributed by atoms with Gasteiger partial charge >= 0.3 is 16.2 Å². The molecular weight excluding hydrogens is 640 g/mol. The summed E-state index contributed by atoms with van der Waals surface area (Å²) in [6.07, 6.45) is -2.36. The molecule has 0 saturated carbocycles. The van der Waals surface area contributed by atoms with Crippen LogP contribution in [0.25, 0.3) is 0 Å². The summed E-state index contributed by atoms with van der Waals surface area (Å²) in [7, 11) is -4.34. The minimum atomic E-state index is -4.56. The highest BCUT2D eigenvalue weighted by Gasteiger charge is 2.35. The van der Waals surface area contributed by atoms with Crippen LogP contribution in [0.2, 0.25) is 0 Å². The molecule has 0 saturated heterocycles. The molecule has 16 heteroatoms. The monoisotopic (exact) mass is 659 g/mol. The maximum Gasteiger partial charge on any atom is 0.408 e. The van der Waals surface area contributed by atoms with E-state index in [0.717, 1.165) is 12.3 Å². The summed E-state index contributed by atoms with van der Waals surface area (Å²) >= 11 is 2.19. The number of carbonyl (C=O) groups excluding carboxylic acids is 1. The molecule has 0 bridgehead atoms. The quantitative estimate of drug-likeness (QED) is 0.151. The molecule has 1 aliphatic rings. The molecule has 36 heavy (non-hydrogen) atoms. The molecule has 2 aromatic heterocycles. The van der Waals surface area contributed by atoms with Crippen LogP contribution in [-0.4, -0.2) is 57.1 Å². The lowest BCUT2D eigenvalue weighted by atomic mass is 10.1. The van der Waals surface area contributed by atoms with Gasteiger partial charge in [0.05, 0.1) is 18.8 Å². The highest BCUT2D eigenvalue weighted by molar-refractivity contribution is 14.2. The number of amides is 1. The van der Waals surface area contributed by atoms with E-state index in [0.29, 0.717) is 32.4 Å². The molecule has 9 nitrogen and oxygen atoms in total. The van der Waals surface area contributed by atoms with Crippen molar-refractivity contribution >= 4 is 44.2 Å². The zero-order valence-corrected chi connectivity index (χ0v) is 22.3. The summed E-state index contributed by atoms with van der Waals surface area (Å²) in [5.41, 5.74) is 0.830. The Bertz CT molecular complexity index is 1340. The van der Waals surface area contributed by atoms with Gasteiger partial charge in [-0.15, -0.1) is 0 Å². The van der Waals surface area contributed by atoms with Crippen molar-refractivity contribution in [3.8, 4) is 0 Å². The molecule has 2 atom stereocenters. The van der Waals surface area contributed by atoms with Crippen LogP contribution in [0.15, 0.2) is 47.8 Å². The van der Waals surface area contributed by atoms with E-state index in [2.05, 4.69) is 32.2 Å². The number of aromatic nitrogens is 4. The van der Waals surface area contributed by atoms with Gasteiger partial charge in [0.2, 0.25) is 0 Å². The highest BCUT2D eigenvalue weighted by atomic mass is 127. The van der Waals surface area contributed by atoms with Gasteiger partial charge in [0.15, 0.2) is 11.1 Å². The van der Waals surface area contributed by atoms with Crippen LogP contribution < -0.4 is 0 Å². The third-order valence-electron chi connectivity index (χ3n) is 5.23. The number of hydrogen-bond acceptors (Lipinski definition) is 6. The number of ether oxygens (including phenoxy) is 1. The topological polar surface area (TPSA) is 99.3 Å². The Hall–Kier alpha value is -2.10. The van der Waals surface area contributed by atoms with E-state index in [4.69, 9.17) is 4.74 Å². The van der Waals surface area contributed by atoms with E-state index in [1.807, 2.05) is 0 Å². The zero-order valence-electron chi connectivity index (χ0n) is 18.3. The number of halogens is 5. The molecule has 1 aliphatic heterocycles. The molecular formula is C20H19F4IN5O4PS. The number of nitrogens with zero attached hydrogens (tertiary/aromatic N) is 5. The summed E-state index contributed by atoms with van der Waals surface area (Å²) in [4.78, 5) is 14.6. The van der Waals surface area contributed by atoms with Crippen molar-refractivity contribution in [1.29, 1.82) is 0 Å². The van der Waals surface area contributed by atoms with Gasteiger partial charge in [0.1, 0.15) is 12.4 Å². The molecule has 1 amide bonds. The Kier molecular flexibility index (Phi) is 8.02. The van der Waals surface area contributed by atoms with Gasteiger partial charge in [-0.25, -0.2) is 4.39 Å². The predicted octanol–water partition coefficient (Wildman–Crippen LogP) is 3.65. The Morgan fingerprint density at radius 3 is 2.61 bits per heavy atom. The number of rotatable bonds is 9. The lowest BCUT2D eigenvalue weighted by Gasteiger charge is -2.24. The van der Waals surface area contributed by atoms with E-state index in [1.165, 1.54) is 29.3 Å². The third-order valence-corrected chi connectivity index (χ3v) is 8.67. The molecule has 0 spiro atoms. The van der Waals surface area contributed by atoms with Crippen molar-refractivity contribution in [2.24, 2.45) is 0 Å². The first-order valence-electron chi connectivity index (χ1n) is 10.4. The van der Waals surface area contributed by atoms with Gasteiger partial charge < -0.3 is 9.64 Å². The minimum Gasteiger partial charge on any atom is -0.363 e. The summed E-state index contributed by atoms with van der Waals surface area (Å²) < 4.78 is 84.6. The normalized spacial score (nSPS) is 15.1. The lowest BCUT2D eigenvalue weighted by molar-refractivity contribution is -0.145. The summed E-state index contributed by atoms with van der Waals surface area (Å²) in [6, 6.07) is 6.78. The van der Waals surface area contributed by atoms with Crippen molar-refractivity contribution in [2.75, 3.05) is 12.8 Å². The Morgan fingerprint density at radius 1 is 1.19 bits per heavy atom. The van der Waals surface area contributed by atoms with Gasteiger partial charge in [-0.3, -0.25) is 9.48 Å². The highest BCUT2D eigenvalue weighted by Crippen LogP contribution is 2.30. The van der Waals surface area contributed by atoms with Crippen molar-refractivity contribution in [3.05, 3.63) is 65.4 Å². The summed E-state index contributed by atoms with van der Waals surface area (Å²) in [5.74, 6) is -1.07. The predicted molar refractivity (Wildman–Crippen MR) is 130 cm³/mol. The van der Waals surface area contributed by atoms with Crippen molar-refractivity contribution in [1.82, 2.24) is 23.9 Å². The van der Waals surface area contributed by atoms with Crippen molar-refractivity contribution in [2.45, 2.75) is 36.9 Å². The maximum atomic E-state index is 14.4. The fourth-order valence-electron chi connectivity index (χ4n) is 3.62.